The molecule has 2 N–H and O–H groups in total. The number of hydrogen-bond acceptors (Lipinski definition) is 4. The number of carbonyl (C=O) groups is 2. The van der Waals surface area contributed by atoms with Crippen molar-refractivity contribution in [3.05, 3.63) is 29.8 Å². The highest BCUT2D eigenvalue weighted by atomic mass is 32.2. The molecule has 0 aliphatic carbocycles. The number of nitrogens with one attached hydrogen (secondary N) is 1. The Hall–Kier alpha value is -1.93. The van der Waals surface area contributed by atoms with E-state index in [0.717, 1.165) is 19.3 Å². The Morgan fingerprint density at radius 1 is 1.20 bits per heavy atom. The number of carboxylic acids is 1. The number of rotatable bonds is 8. The molecule has 7 nitrogen and oxygen atoms in total. The third-order valence-electron chi connectivity index (χ3n) is 4.27. The van der Waals surface area contributed by atoms with Crippen LogP contribution in [0.15, 0.2) is 29.2 Å². The summed E-state index contributed by atoms with van der Waals surface area (Å²) in [6.45, 7) is 2.98. The summed E-state index contributed by atoms with van der Waals surface area (Å²) in [5.41, 5.74) is 0.239. The van der Waals surface area contributed by atoms with Gasteiger partial charge in [0.2, 0.25) is 10.0 Å². The van der Waals surface area contributed by atoms with E-state index in [0.29, 0.717) is 25.9 Å². The minimum Gasteiger partial charge on any atom is -0.480 e. The number of amides is 1. The molecule has 1 atom stereocenters. The lowest BCUT2D eigenvalue weighted by Gasteiger charge is -2.16. The monoisotopic (exact) mass is 368 g/mol. The molecule has 1 amide bonds. The second-order valence-electron chi connectivity index (χ2n) is 6.14. The van der Waals surface area contributed by atoms with Crippen molar-refractivity contribution < 1.29 is 23.1 Å². The van der Waals surface area contributed by atoms with Gasteiger partial charge in [0.05, 0.1) is 4.90 Å². The van der Waals surface area contributed by atoms with E-state index in [1.54, 1.807) is 0 Å². The van der Waals surface area contributed by atoms with Crippen molar-refractivity contribution in [2.45, 2.75) is 50.0 Å². The molecule has 25 heavy (non-hydrogen) atoms. The van der Waals surface area contributed by atoms with Crippen LogP contribution in [0.4, 0.5) is 0 Å². The van der Waals surface area contributed by atoms with Crippen molar-refractivity contribution in [3.8, 4) is 0 Å². The molecule has 0 bridgehead atoms. The number of aliphatic carboxylic acids is 1. The number of unbranched alkanes of at least 4 members (excludes halogenated alkanes) is 1. The SMILES string of the molecule is CCCCC(NC(=O)c1ccc(S(=O)(=O)N2CCCC2)cc1)C(=O)O. The topological polar surface area (TPSA) is 104 Å². The molecule has 1 fully saturated rings. The third kappa shape index (κ3) is 4.79. The van der Waals surface area contributed by atoms with E-state index in [1.165, 1.54) is 28.6 Å². The van der Waals surface area contributed by atoms with E-state index in [-0.39, 0.29) is 10.5 Å². The van der Waals surface area contributed by atoms with Gasteiger partial charge in [-0.15, -0.1) is 0 Å². The second kappa shape index (κ2) is 8.44. The van der Waals surface area contributed by atoms with Gasteiger partial charge in [-0.05, 0) is 43.5 Å². The molecule has 1 aliphatic heterocycles. The van der Waals surface area contributed by atoms with Crippen LogP contribution in [0, 0.1) is 0 Å². The first-order chi connectivity index (χ1) is 11.9. The first-order valence-electron chi connectivity index (χ1n) is 8.50. The highest BCUT2D eigenvalue weighted by Gasteiger charge is 2.27. The molecule has 1 heterocycles. The predicted molar refractivity (Wildman–Crippen MR) is 92.8 cm³/mol. The van der Waals surface area contributed by atoms with Crippen molar-refractivity contribution in [2.24, 2.45) is 0 Å². The fourth-order valence-electron chi connectivity index (χ4n) is 2.76. The molecule has 1 unspecified atom stereocenters. The van der Waals surface area contributed by atoms with Gasteiger partial charge in [0.15, 0.2) is 0 Å². The van der Waals surface area contributed by atoms with Crippen LogP contribution in [-0.4, -0.2) is 48.8 Å². The predicted octanol–water partition coefficient (Wildman–Crippen LogP) is 1.84. The van der Waals surface area contributed by atoms with Crippen LogP contribution in [0.3, 0.4) is 0 Å². The minimum absolute atomic E-state index is 0.145. The molecule has 0 spiro atoms. The second-order valence-corrected chi connectivity index (χ2v) is 8.08. The maximum absolute atomic E-state index is 12.4. The minimum atomic E-state index is -3.52. The number of hydrogen-bond donors (Lipinski definition) is 2. The molecule has 0 saturated carbocycles. The fourth-order valence-corrected chi connectivity index (χ4v) is 4.28. The average molecular weight is 368 g/mol. The summed E-state index contributed by atoms with van der Waals surface area (Å²) >= 11 is 0. The first-order valence-corrected chi connectivity index (χ1v) is 9.94. The summed E-state index contributed by atoms with van der Waals surface area (Å²) < 4.78 is 26.3. The molecule has 1 saturated heterocycles. The summed E-state index contributed by atoms with van der Waals surface area (Å²) in [6.07, 6.45) is 3.61. The van der Waals surface area contributed by atoms with Gasteiger partial charge < -0.3 is 10.4 Å². The zero-order valence-corrected chi connectivity index (χ0v) is 15.1. The van der Waals surface area contributed by atoms with Crippen molar-refractivity contribution in [2.75, 3.05) is 13.1 Å². The first kappa shape index (κ1) is 19.4. The summed E-state index contributed by atoms with van der Waals surface area (Å²) in [7, 11) is -3.52. The van der Waals surface area contributed by atoms with Crippen LogP contribution in [-0.2, 0) is 14.8 Å². The smallest absolute Gasteiger partial charge is 0.326 e. The molecule has 8 heteroatoms. The molecular weight excluding hydrogens is 344 g/mol. The number of carboxylic acid groups (broad SMARTS) is 1. The van der Waals surface area contributed by atoms with E-state index in [1.807, 2.05) is 6.92 Å². The molecule has 1 aromatic rings. The molecule has 138 valence electrons. The third-order valence-corrected chi connectivity index (χ3v) is 6.18. The van der Waals surface area contributed by atoms with Crippen LogP contribution in [0.25, 0.3) is 0 Å². The van der Waals surface area contributed by atoms with Gasteiger partial charge in [0.25, 0.3) is 5.91 Å². The van der Waals surface area contributed by atoms with Crippen molar-refractivity contribution in [3.63, 3.8) is 0 Å². The normalized spacial score (nSPS) is 16.5. The van der Waals surface area contributed by atoms with Crippen LogP contribution in [0.1, 0.15) is 49.4 Å². The van der Waals surface area contributed by atoms with Crippen molar-refractivity contribution in [1.82, 2.24) is 9.62 Å². The van der Waals surface area contributed by atoms with E-state index in [9.17, 15) is 18.0 Å². The standard InChI is InChI=1S/C17H24N2O5S/c1-2-3-6-15(17(21)22)18-16(20)13-7-9-14(10-8-13)25(23,24)19-11-4-5-12-19/h7-10,15H,2-6,11-12H2,1H3,(H,18,20)(H,21,22). The van der Waals surface area contributed by atoms with Crippen LogP contribution >= 0.6 is 0 Å². The van der Waals surface area contributed by atoms with E-state index >= 15 is 0 Å². The van der Waals surface area contributed by atoms with Crippen LogP contribution in [0.5, 0.6) is 0 Å². The van der Waals surface area contributed by atoms with Gasteiger partial charge in [-0.1, -0.05) is 19.8 Å². The Morgan fingerprint density at radius 2 is 1.80 bits per heavy atom. The van der Waals surface area contributed by atoms with Gasteiger partial charge in [0.1, 0.15) is 6.04 Å². The van der Waals surface area contributed by atoms with E-state index in [2.05, 4.69) is 5.32 Å². The Morgan fingerprint density at radius 3 is 2.32 bits per heavy atom. The van der Waals surface area contributed by atoms with E-state index in [4.69, 9.17) is 5.11 Å². The molecule has 0 radical (unpaired) electrons. The number of carbonyl (C=O) groups excluding carboxylic acids is 1. The Labute approximate surface area is 148 Å². The molecule has 1 aromatic carbocycles. The Balaban J connectivity index is 2.08. The van der Waals surface area contributed by atoms with Crippen LogP contribution < -0.4 is 5.32 Å². The van der Waals surface area contributed by atoms with Gasteiger partial charge >= 0.3 is 5.97 Å². The lowest BCUT2D eigenvalue weighted by molar-refractivity contribution is -0.139. The highest BCUT2D eigenvalue weighted by Crippen LogP contribution is 2.21. The largest absolute Gasteiger partial charge is 0.480 e. The van der Waals surface area contributed by atoms with E-state index < -0.39 is 27.9 Å². The van der Waals surface area contributed by atoms with Gasteiger partial charge in [0, 0.05) is 18.7 Å². The van der Waals surface area contributed by atoms with Gasteiger partial charge in [-0.2, -0.15) is 4.31 Å². The summed E-state index contributed by atoms with van der Waals surface area (Å²) in [4.78, 5) is 23.6. The average Bonchev–Trinajstić information content (AvgIpc) is 3.13. The van der Waals surface area contributed by atoms with Crippen LogP contribution in [0.2, 0.25) is 0 Å². The number of nitrogens with zero attached hydrogens (tertiary/aromatic N) is 1. The molecule has 1 aliphatic rings. The summed E-state index contributed by atoms with van der Waals surface area (Å²) in [6, 6.07) is 4.67. The molecule has 2 rings (SSSR count). The van der Waals surface area contributed by atoms with Gasteiger partial charge in [-0.25, -0.2) is 13.2 Å². The van der Waals surface area contributed by atoms with Crippen molar-refractivity contribution in [1.29, 1.82) is 0 Å². The lowest BCUT2D eigenvalue weighted by Crippen LogP contribution is -2.40. The number of sulfonamides is 1. The Bertz CT molecular complexity index is 709. The molecular formula is C17H24N2O5S. The number of benzene rings is 1. The maximum atomic E-state index is 12.4. The zero-order chi connectivity index (χ0) is 18.4. The quantitative estimate of drug-likeness (QED) is 0.729. The highest BCUT2D eigenvalue weighted by molar-refractivity contribution is 7.89. The van der Waals surface area contributed by atoms with Crippen molar-refractivity contribution >= 4 is 21.9 Å². The maximum Gasteiger partial charge on any atom is 0.326 e. The zero-order valence-electron chi connectivity index (χ0n) is 14.3. The van der Waals surface area contributed by atoms with Gasteiger partial charge in [-0.3, -0.25) is 4.79 Å². The lowest BCUT2D eigenvalue weighted by atomic mass is 10.1. The fraction of sp³-hybridized carbons (Fsp3) is 0.529. The summed E-state index contributed by atoms with van der Waals surface area (Å²) in [5, 5.41) is 11.7. The summed E-state index contributed by atoms with van der Waals surface area (Å²) in [5.74, 6) is -1.59. The Kier molecular flexibility index (Phi) is 6.55. The molecule has 0 aromatic heterocycles.